The minimum Gasteiger partial charge on any atom is -0.462 e. The Labute approximate surface area is 689 Å². The highest BCUT2D eigenvalue weighted by Crippen LogP contribution is 2.45. The van der Waals surface area contributed by atoms with E-state index in [0.717, 1.165) is 108 Å². The zero-order valence-electron chi connectivity index (χ0n) is 74.2. The second-order valence-electron chi connectivity index (χ2n) is 34.6. The van der Waals surface area contributed by atoms with Crippen LogP contribution < -0.4 is 0 Å². The van der Waals surface area contributed by atoms with Gasteiger partial charge in [-0.25, -0.2) is 9.13 Å². The summed E-state index contributed by atoms with van der Waals surface area (Å²) in [5.41, 5.74) is 0. The third-order valence-electron chi connectivity index (χ3n) is 22.2. The number of esters is 4. The molecule has 0 radical (unpaired) electrons. The lowest BCUT2D eigenvalue weighted by molar-refractivity contribution is -0.161. The van der Waals surface area contributed by atoms with Gasteiger partial charge < -0.3 is 33.8 Å². The number of phosphoric acid groups is 2. The summed E-state index contributed by atoms with van der Waals surface area (Å²) >= 11 is 0. The number of aliphatic hydroxyl groups excluding tert-OH is 1. The summed E-state index contributed by atoms with van der Waals surface area (Å²) in [6.07, 6.45) is 76.5. The summed E-state index contributed by atoms with van der Waals surface area (Å²) in [6, 6.07) is 0. The Morgan fingerprint density at radius 1 is 0.259 bits per heavy atom. The van der Waals surface area contributed by atoms with Crippen molar-refractivity contribution in [2.24, 2.45) is 17.8 Å². The molecule has 0 heterocycles. The van der Waals surface area contributed by atoms with E-state index in [1.54, 1.807) is 0 Å². The summed E-state index contributed by atoms with van der Waals surface area (Å²) in [4.78, 5) is 73.5. The first-order valence-electron chi connectivity index (χ1n) is 47.9. The number of carbonyl (C=O) groups excluding carboxylic acids is 4. The van der Waals surface area contributed by atoms with Crippen LogP contribution in [0.4, 0.5) is 0 Å². The highest BCUT2D eigenvalue weighted by Gasteiger charge is 2.31. The molecule has 0 aromatic rings. The molecule has 112 heavy (non-hydrogen) atoms. The largest absolute Gasteiger partial charge is 0.472 e. The van der Waals surface area contributed by atoms with Gasteiger partial charge in [-0.15, -0.1) is 0 Å². The Balaban J connectivity index is 5.24. The molecule has 17 nitrogen and oxygen atoms in total. The van der Waals surface area contributed by atoms with Gasteiger partial charge in [0.2, 0.25) is 0 Å². The summed E-state index contributed by atoms with van der Waals surface area (Å²) in [6.45, 7) is 12.1. The van der Waals surface area contributed by atoms with Gasteiger partial charge in [0.1, 0.15) is 19.3 Å². The fourth-order valence-electron chi connectivity index (χ4n) is 14.6. The van der Waals surface area contributed by atoms with Crippen LogP contribution in [0.5, 0.6) is 0 Å². The second kappa shape index (κ2) is 82.7. The molecule has 0 spiro atoms. The van der Waals surface area contributed by atoms with Crippen LogP contribution in [0.15, 0.2) is 0 Å². The number of ether oxygens (including phenoxy) is 4. The molecule has 0 rings (SSSR count). The number of phosphoric ester groups is 2. The van der Waals surface area contributed by atoms with Crippen molar-refractivity contribution in [3.63, 3.8) is 0 Å². The topological polar surface area (TPSA) is 237 Å². The van der Waals surface area contributed by atoms with E-state index in [9.17, 15) is 43.2 Å². The van der Waals surface area contributed by atoms with Gasteiger partial charge in [-0.3, -0.25) is 37.3 Å². The number of aliphatic hydroxyl groups is 1. The predicted octanol–water partition coefficient (Wildman–Crippen LogP) is 28.8. The van der Waals surface area contributed by atoms with Crippen molar-refractivity contribution in [1.29, 1.82) is 0 Å². The zero-order chi connectivity index (χ0) is 82.2. The highest BCUT2D eigenvalue weighted by atomic mass is 31.2. The van der Waals surface area contributed by atoms with Crippen molar-refractivity contribution in [2.75, 3.05) is 39.6 Å². The maximum absolute atomic E-state index is 13.2. The van der Waals surface area contributed by atoms with Gasteiger partial charge >= 0.3 is 39.5 Å². The van der Waals surface area contributed by atoms with Gasteiger partial charge in [-0.2, -0.15) is 0 Å². The molecule has 0 aliphatic carbocycles. The maximum Gasteiger partial charge on any atom is 0.472 e. The van der Waals surface area contributed by atoms with Crippen molar-refractivity contribution in [3.05, 3.63) is 0 Å². The Morgan fingerprint density at radius 2 is 0.455 bits per heavy atom. The normalized spacial score (nSPS) is 14.0. The first-order chi connectivity index (χ1) is 54.3. The number of carbonyl (C=O) groups is 4. The average Bonchev–Trinajstić information content (AvgIpc) is 0.893. The molecule has 666 valence electrons. The van der Waals surface area contributed by atoms with Crippen molar-refractivity contribution < 1.29 is 80.2 Å². The van der Waals surface area contributed by atoms with E-state index in [0.29, 0.717) is 25.7 Å². The SMILES string of the molecule is CCCCCCCCCCCCCCCCCCCCCCCC(=O)OC[C@H](COP(=O)(O)OC[C@@H](O)COP(=O)(O)OC[C@@H](COC(=O)CCCCCCCCCCCC(C)C)OC(=O)CCCCCCCCCCCCCCCCC(C)C)OC(=O)CCCCCCCCCCCCCCCCCCCCC(C)CC. The number of hydrogen-bond donors (Lipinski definition) is 3. The van der Waals surface area contributed by atoms with Crippen molar-refractivity contribution in [2.45, 2.75) is 516 Å². The monoisotopic (exact) mass is 1630 g/mol. The summed E-state index contributed by atoms with van der Waals surface area (Å²) in [7, 11) is -9.94. The van der Waals surface area contributed by atoms with E-state index in [4.69, 9.17) is 37.0 Å². The molecule has 0 aromatic heterocycles. The lowest BCUT2D eigenvalue weighted by atomic mass is 9.99. The van der Waals surface area contributed by atoms with Crippen LogP contribution >= 0.6 is 15.6 Å². The van der Waals surface area contributed by atoms with E-state index in [1.807, 2.05) is 0 Å². The molecule has 0 aliphatic heterocycles. The Hall–Kier alpha value is -1.94. The van der Waals surface area contributed by atoms with Gasteiger partial charge in [0.25, 0.3) is 0 Å². The zero-order valence-corrected chi connectivity index (χ0v) is 75.9. The Morgan fingerprint density at radius 3 is 0.679 bits per heavy atom. The Kier molecular flexibility index (Phi) is 81.3. The molecule has 0 bridgehead atoms. The van der Waals surface area contributed by atoms with E-state index >= 15 is 0 Å². The molecule has 0 aromatic carbocycles. The lowest BCUT2D eigenvalue weighted by Gasteiger charge is -2.21. The summed E-state index contributed by atoms with van der Waals surface area (Å²) < 4.78 is 69.1. The van der Waals surface area contributed by atoms with Gasteiger partial charge in [0.05, 0.1) is 26.4 Å². The van der Waals surface area contributed by atoms with Gasteiger partial charge in [0, 0.05) is 25.7 Å². The van der Waals surface area contributed by atoms with Crippen molar-refractivity contribution >= 4 is 39.5 Å². The van der Waals surface area contributed by atoms with Crippen LogP contribution in [-0.4, -0.2) is 96.7 Å². The lowest BCUT2D eigenvalue weighted by Crippen LogP contribution is -2.30. The van der Waals surface area contributed by atoms with Gasteiger partial charge in [-0.05, 0) is 43.4 Å². The number of unbranched alkanes of at least 4 members (excludes halogenated alkanes) is 58. The number of hydrogen-bond acceptors (Lipinski definition) is 15. The van der Waals surface area contributed by atoms with Crippen LogP contribution in [0.2, 0.25) is 0 Å². The first kappa shape index (κ1) is 110. The smallest absolute Gasteiger partial charge is 0.462 e. The van der Waals surface area contributed by atoms with Crippen LogP contribution in [-0.2, 0) is 65.4 Å². The van der Waals surface area contributed by atoms with Crippen molar-refractivity contribution in [1.82, 2.24) is 0 Å². The van der Waals surface area contributed by atoms with E-state index in [1.165, 1.54) is 308 Å². The molecule has 0 aliphatic rings. The molecule has 0 saturated carbocycles. The standard InChI is InChI=1S/C93H182O17P2/c1-8-10-11-12-13-14-15-16-17-18-19-20-21-25-28-34-39-46-53-60-67-74-90(95)103-80-88(109-92(97)76-69-62-55-47-40-35-29-26-23-22-24-27-33-38-45-52-59-66-73-86(7)9-2)82-107-111(99,100)105-78-87(94)79-106-112(101,102)108-83-89(81-104-91(96)75-68-61-54-49-42-44-51-58-65-72-85(5)6)110-93(98)77-70-63-56-48-41-36-31-30-32-37-43-50-57-64-71-84(3)4/h84-89,94H,8-83H2,1-7H3,(H,99,100)(H,101,102)/t86?,87-,88-,89-/m1/s1. The molecule has 0 fully saturated rings. The molecule has 19 heteroatoms. The first-order valence-corrected chi connectivity index (χ1v) is 50.9. The number of rotatable bonds is 91. The Bertz CT molecular complexity index is 2150. The van der Waals surface area contributed by atoms with E-state index < -0.39 is 97.5 Å². The van der Waals surface area contributed by atoms with E-state index in [-0.39, 0.29) is 25.7 Å². The van der Waals surface area contributed by atoms with Crippen LogP contribution in [0, 0.1) is 17.8 Å². The minimum absolute atomic E-state index is 0.107. The fourth-order valence-corrected chi connectivity index (χ4v) is 16.2. The van der Waals surface area contributed by atoms with Gasteiger partial charge in [0.15, 0.2) is 12.2 Å². The molecular weight excluding hydrogens is 1450 g/mol. The highest BCUT2D eigenvalue weighted by molar-refractivity contribution is 7.47. The summed E-state index contributed by atoms with van der Waals surface area (Å²) in [5, 5.41) is 10.7. The van der Waals surface area contributed by atoms with Crippen LogP contribution in [0.1, 0.15) is 498 Å². The average molecular weight is 1630 g/mol. The third kappa shape index (κ3) is 84.5. The molecular formula is C93H182O17P2. The molecule has 6 atom stereocenters. The minimum atomic E-state index is -4.97. The molecule has 0 saturated heterocycles. The van der Waals surface area contributed by atoms with Crippen LogP contribution in [0.3, 0.4) is 0 Å². The summed E-state index contributed by atoms with van der Waals surface area (Å²) in [5.74, 6) is 0.313. The maximum atomic E-state index is 13.2. The van der Waals surface area contributed by atoms with Crippen LogP contribution in [0.25, 0.3) is 0 Å². The van der Waals surface area contributed by atoms with Gasteiger partial charge in [-0.1, -0.05) is 447 Å². The fraction of sp³-hybridized carbons (Fsp3) is 0.957. The molecule has 0 amide bonds. The third-order valence-corrected chi connectivity index (χ3v) is 24.1. The molecule has 3 unspecified atom stereocenters. The second-order valence-corrected chi connectivity index (χ2v) is 37.5. The quantitative estimate of drug-likeness (QED) is 0.0222. The van der Waals surface area contributed by atoms with Crippen molar-refractivity contribution in [3.8, 4) is 0 Å². The van der Waals surface area contributed by atoms with E-state index in [2.05, 4.69) is 48.5 Å². The molecule has 3 N–H and O–H groups in total. The predicted molar refractivity (Wildman–Crippen MR) is 465 cm³/mol.